The van der Waals surface area contributed by atoms with Gasteiger partial charge in [0.25, 0.3) is 18.1 Å². The Hall–Kier alpha value is -1.56. The van der Waals surface area contributed by atoms with Crippen molar-refractivity contribution in [2.45, 2.75) is 57.0 Å². The van der Waals surface area contributed by atoms with Crippen molar-refractivity contribution in [3.63, 3.8) is 0 Å². The van der Waals surface area contributed by atoms with Crippen molar-refractivity contribution in [2.75, 3.05) is 0 Å². The van der Waals surface area contributed by atoms with Gasteiger partial charge in [-0.25, -0.2) is 8.78 Å². The number of rotatable bonds is 4. The summed E-state index contributed by atoms with van der Waals surface area (Å²) in [4.78, 5) is 12.4. The molecule has 0 saturated heterocycles. The highest BCUT2D eigenvalue weighted by Crippen LogP contribution is 2.46. The Balaban J connectivity index is 1.92. The predicted octanol–water partition coefficient (Wildman–Crippen LogP) is 3.32. The average Bonchev–Trinajstić information content (AvgIpc) is 3.20. The largest absolute Gasteiger partial charge is 0.438 e. The lowest BCUT2D eigenvalue weighted by Gasteiger charge is -2.32. The van der Waals surface area contributed by atoms with E-state index in [1.54, 1.807) is 0 Å². The van der Waals surface area contributed by atoms with Crippen molar-refractivity contribution in [1.82, 2.24) is 14.8 Å². The Labute approximate surface area is 152 Å². The molecule has 1 amide bonds. The van der Waals surface area contributed by atoms with Crippen molar-refractivity contribution in [1.29, 1.82) is 0 Å². The molecule has 1 aliphatic heterocycles. The van der Waals surface area contributed by atoms with Crippen molar-refractivity contribution < 1.29 is 31.9 Å². The van der Waals surface area contributed by atoms with Crippen LogP contribution in [0.5, 0.6) is 0 Å². The fourth-order valence-corrected chi connectivity index (χ4v) is 3.66. The van der Waals surface area contributed by atoms with Gasteiger partial charge in [0, 0.05) is 18.1 Å². The molecule has 1 saturated carbocycles. The average molecular weight is 445 g/mol. The molecule has 2 heterocycles. The fourth-order valence-electron chi connectivity index (χ4n) is 2.88. The molecular weight excluding hydrogens is 431 g/mol. The van der Waals surface area contributed by atoms with Gasteiger partial charge in [0.2, 0.25) is 0 Å². The molecule has 12 heteroatoms. The highest BCUT2D eigenvalue weighted by atomic mass is 79.9. The van der Waals surface area contributed by atoms with Gasteiger partial charge in [0.15, 0.2) is 0 Å². The highest BCUT2D eigenvalue weighted by molar-refractivity contribution is 9.10. The lowest BCUT2D eigenvalue weighted by atomic mass is 10.1. The summed E-state index contributed by atoms with van der Waals surface area (Å²) in [7, 11) is 0. The van der Waals surface area contributed by atoms with E-state index >= 15 is 0 Å². The number of halogens is 6. The van der Waals surface area contributed by atoms with Crippen molar-refractivity contribution in [3.05, 3.63) is 15.9 Å². The minimum absolute atomic E-state index is 0.0311. The molecular formula is C14H14BrF5N4O2. The van der Waals surface area contributed by atoms with Gasteiger partial charge in [0.1, 0.15) is 12.2 Å². The second-order valence-electron chi connectivity index (χ2n) is 6.35. The third kappa shape index (κ3) is 3.13. The van der Waals surface area contributed by atoms with Gasteiger partial charge in [-0.15, -0.1) is 0 Å². The predicted molar refractivity (Wildman–Crippen MR) is 82.4 cm³/mol. The van der Waals surface area contributed by atoms with E-state index in [2.05, 4.69) is 26.1 Å². The molecule has 1 N–H and O–H groups in total. The van der Waals surface area contributed by atoms with E-state index in [1.165, 1.54) is 6.92 Å². The molecule has 1 unspecified atom stereocenters. The Morgan fingerprint density at radius 1 is 1.42 bits per heavy atom. The normalized spacial score (nSPS) is 23.7. The quantitative estimate of drug-likeness (QED) is 0.724. The number of nitrogens with zero attached hydrogens (tertiary/aromatic N) is 4. The Kier molecular flexibility index (Phi) is 4.62. The van der Waals surface area contributed by atoms with Gasteiger partial charge in [-0.3, -0.25) is 9.48 Å². The smallest absolute Gasteiger partial charge is 0.362 e. The van der Waals surface area contributed by atoms with E-state index in [0.717, 1.165) is 4.68 Å². The summed E-state index contributed by atoms with van der Waals surface area (Å²) in [6, 6.07) is 0. The summed E-state index contributed by atoms with van der Waals surface area (Å²) in [5, 5.41) is 17.1. The minimum atomic E-state index is -5.12. The number of alkyl halides is 5. The van der Waals surface area contributed by atoms with Crippen LogP contribution >= 0.6 is 15.9 Å². The van der Waals surface area contributed by atoms with Crippen LogP contribution in [-0.4, -0.2) is 43.4 Å². The van der Waals surface area contributed by atoms with Gasteiger partial charge in [-0.1, -0.05) is 0 Å². The lowest BCUT2D eigenvalue weighted by Crippen LogP contribution is -2.57. The van der Waals surface area contributed by atoms with Crippen LogP contribution in [0.25, 0.3) is 0 Å². The number of carbonyl (C=O) groups excluding carboxylic acids is 1. The standard InChI is InChI=1S/C14H14BrF5N4O2/c1-6-4-13(26,14(18,19)20)24(21-6)8(25)5-23-11(7-2-3-7)9(15)10(22-23)12(16)17/h7,12,26H,2-5H2,1H3. The van der Waals surface area contributed by atoms with Crippen LogP contribution in [0.3, 0.4) is 0 Å². The molecule has 1 aromatic rings. The Bertz CT molecular complexity index is 774. The zero-order valence-electron chi connectivity index (χ0n) is 13.4. The third-order valence-corrected chi connectivity index (χ3v) is 5.04. The molecule has 26 heavy (non-hydrogen) atoms. The SMILES string of the molecule is CC1=NN(C(=O)Cn2nc(C(F)F)c(Br)c2C2CC2)C(O)(C(F)(F)F)C1. The first-order valence-electron chi connectivity index (χ1n) is 7.66. The van der Waals surface area contributed by atoms with Crippen LogP contribution in [0.4, 0.5) is 22.0 Å². The summed E-state index contributed by atoms with van der Waals surface area (Å²) in [6.07, 6.45) is -7.49. The van der Waals surface area contributed by atoms with Gasteiger partial charge in [0.05, 0.1) is 10.2 Å². The first kappa shape index (κ1) is 19.2. The molecule has 1 atom stereocenters. The van der Waals surface area contributed by atoms with Crippen LogP contribution in [-0.2, 0) is 11.3 Å². The second kappa shape index (κ2) is 6.25. The molecule has 0 spiro atoms. The van der Waals surface area contributed by atoms with E-state index in [-0.39, 0.29) is 21.1 Å². The van der Waals surface area contributed by atoms with Crippen LogP contribution < -0.4 is 0 Å². The maximum absolute atomic E-state index is 13.2. The third-order valence-electron chi connectivity index (χ3n) is 4.23. The Morgan fingerprint density at radius 2 is 2.04 bits per heavy atom. The van der Waals surface area contributed by atoms with Crippen LogP contribution in [0.15, 0.2) is 9.57 Å². The molecule has 3 rings (SSSR count). The molecule has 1 aliphatic carbocycles. The van der Waals surface area contributed by atoms with Crippen LogP contribution in [0, 0.1) is 0 Å². The molecule has 6 nitrogen and oxygen atoms in total. The number of aliphatic hydroxyl groups is 1. The molecule has 144 valence electrons. The summed E-state index contributed by atoms with van der Waals surface area (Å²) >= 11 is 3.04. The second-order valence-corrected chi connectivity index (χ2v) is 7.14. The minimum Gasteiger partial charge on any atom is -0.362 e. The van der Waals surface area contributed by atoms with E-state index in [1.807, 2.05) is 0 Å². The maximum atomic E-state index is 13.2. The number of amides is 1. The summed E-state index contributed by atoms with van der Waals surface area (Å²) < 4.78 is 66.8. The number of aromatic nitrogens is 2. The fraction of sp³-hybridized carbons (Fsp3) is 0.643. The summed E-state index contributed by atoms with van der Waals surface area (Å²) in [5.41, 5.74) is -3.77. The number of hydrogen-bond donors (Lipinski definition) is 1. The monoisotopic (exact) mass is 444 g/mol. The van der Waals surface area contributed by atoms with Crippen LogP contribution in [0.1, 0.15) is 49.9 Å². The van der Waals surface area contributed by atoms with E-state index in [9.17, 15) is 31.9 Å². The number of hydrogen-bond acceptors (Lipinski definition) is 4. The molecule has 0 bridgehead atoms. The topological polar surface area (TPSA) is 70.7 Å². The Morgan fingerprint density at radius 3 is 2.54 bits per heavy atom. The van der Waals surface area contributed by atoms with Crippen molar-refractivity contribution in [3.8, 4) is 0 Å². The van der Waals surface area contributed by atoms with E-state index in [0.29, 0.717) is 18.5 Å². The first-order chi connectivity index (χ1) is 12.0. The molecule has 1 fully saturated rings. The zero-order chi connectivity index (χ0) is 19.4. The first-order valence-corrected chi connectivity index (χ1v) is 8.45. The molecule has 0 radical (unpaired) electrons. The number of carbonyl (C=O) groups is 1. The van der Waals surface area contributed by atoms with Crippen molar-refractivity contribution in [2.24, 2.45) is 5.10 Å². The number of hydrazone groups is 1. The van der Waals surface area contributed by atoms with Gasteiger partial charge in [-0.2, -0.15) is 28.4 Å². The summed E-state index contributed by atoms with van der Waals surface area (Å²) in [6.45, 7) is 0.505. The zero-order valence-corrected chi connectivity index (χ0v) is 15.0. The highest BCUT2D eigenvalue weighted by Gasteiger charge is 2.62. The molecule has 0 aromatic carbocycles. The van der Waals surface area contributed by atoms with Gasteiger partial charge >= 0.3 is 6.18 Å². The summed E-state index contributed by atoms with van der Waals surface area (Å²) in [5.74, 6) is -1.29. The van der Waals surface area contributed by atoms with Gasteiger partial charge in [-0.05, 0) is 35.7 Å². The van der Waals surface area contributed by atoms with E-state index in [4.69, 9.17) is 0 Å². The van der Waals surface area contributed by atoms with E-state index < -0.39 is 42.9 Å². The lowest BCUT2D eigenvalue weighted by molar-refractivity contribution is -0.302. The maximum Gasteiger partial charge on any atom is 0.438 e. The molecule has 1 aromatic heterocycles. The van der Waals surface area contributed by atoms with Crippen molar-refractivity contribution >= 4 is 27.5 Å². The molecule has 2 aliphatic rings. The van der Waals surface area contributed by atoms with Gasteiger partial charge < -0.3 is 5.11 Å². The van der Waals surface area contributed by atoms with Crippen LogP contribution in [0.2, 0.25) is 0 Å².